The maximum absolute atomic E-state index is 11.4. The van der Waals surface area contributed by atoms with E-state index in [4.69, 9.17) is 0 Å². The molecule has 2 rings (SSSR count). The number of ketones is 2. The van der Waals surface area contributed by atoms with E-state index >= 15 is 0 Å². The van der Waals surface area contributed by atoms with Crippen LogP contribution in [0.3, 0.4) is 0 Å². The summed E-state index contributed by atoms with van der Waals surface area (Å²) in [4.78, 5) is 22.7. The zero-order valence-corrected chi connectivity index (χ0v) is 9.28. The summed E-state index contributed by atoms with van der Waals surface area (Å²) in [5, 5.41) is 0. The second-order valence-corrected chi connectivity index (χ2v) is 3.85. The summed E-state index contributed by atoms with van der Waals surface area (Å²) in [5.41, 5.74) is 3.21. The Kier molecular flexibility index (Phi) is 2.57. The molecule has 2 aliphatic carbocycles. The van der Waals surface area contributed by atoms with Gasteiger partial charge in [-0.05, 0) is 31.0 Å². The Bertz CT molecular complexity index is 541. The number of fused-ring (bicyclic) bond motifs is 1. The zero-order chi connectivity index (χ0) is 11.7. The smallest absolute Gasteiger partial charge is 0.160 e. The summed E-state index contributed by atoms with van der Waals surface area (Å²) in [5.74, 6) is 0.0775. The van der Waals surface area contributed by atoms with Crippen molar-refractivity contribution >= 4 is 11.6 Å². The van der Waals surface area contributed by atoms with Crippen molar-refractivity contribution in [2.24, 2.45) is 0 Å². The van der Waals surface area contributed by atoms with Crippen molar-refractivity contribution in [1.29, 1.82) is 0 Å². The van der Waals surface area contributed by atoms with E-state index in [1.807, 2.05) is 24.3 Å². The van der Waals surface area contributed by atoms with Crippen LogP contribution in [-0.2, 0) is 0 Å². The minimum Gasteiger partial charge on any atom is -0.295 e. The van der Waals surface area contributed by atoms with Crippen molar-refractivity contribution in [2.75, 3.05) is 0 Å². The van der Waals surface area contributed by atoms with Crippen molar-refractivity contribution in [2.45, 2.75) is 13.8 Å². The minimum atomic E-state index is 0.0306. The predicted octanol–water partition coefficient (Wildman–Crippen LogP) is 3.20. The summed E-state index contributed by atoms with van der Waals surface area (Å²) in [6, 6.07) is 11.0. The summed E-state index contributed by atoms with van der Waals surface area (Å²) in [7, 11) is 0. The largest absolute Gasteiger partial charge is 0.295 e. The van der Waals surface area contributed by atoms with Gasteiger partial charge < -0.3 is 0 Å². The summed E-state index contributed by atoms with van der Waals surface area (Å²) in [6.45, 7) is 3.09. The Morgan fingerprint density at radius 1 is 0.938 bits per heavy atom. The number of hydrogen-bond acceptors (Lipinski definition) is 2. The lowest BCUT2D eigenvalue weighted by molar-refractivity contribution is 0.101. The molecular weight excluding hydrogens is 200 g/mol. The number of carbonyl (C=O) groups is 2. The second-order valence-electron chi connectivity index (χ2n) is 3.85. The molecule has 0 spiro atoms. The van der Waals surface area contributed by atoms with Crippen molar-refractivity contribution in [3.05, 3.63) is 47.5 Å². The normalized spacial score (nSPS) is 10.4. The molecule has 80 valence electrons. The van der Waals surface area contributed by atoms with E-state index in [2.05, 4.69) is 0 Å². The highest BCUT2D eigenvalue weighted by molar-refractivity contribution is 6.03. The molecule has 0 saturated heterocycles. The van der Waals surface area contributed by atoms with E-state index in [0.717, 1.165) is 11.1 Å². The van der Waals surface area contributed by atoms with Crippen molar-refractivity contribution in [1.82, 2.24) is 0 Å². The Morgan fingerprint density at radius 2 is 1.69 bits per heavy atom. The first-order valence-corrected chi connectivity index (χ1v) is 5.14. The summed E-state index contributed by atoms with van der Waals surface area (Å²) < 4.78 is 0. The first-order chi connectivity index (χ1) is 7.59. The average molecular weight is 212 g/mol. The van der Waals surface area contributed by atoms with Gasteiger partial charge in [-0.15, -0.1) is 0 Å². The van der Waals surface area contributed by atoms with Gasteiger partial charge in [0.05, 0.1) is 0 Å². The third-order valence-corrected chi connectivity index (χ3v) is 2.67. The van der Waals surface area contributed by atoms with Crippen LogP contribution in [0.4, 0.5) is 0 Å². The van der Waals surface area contributed by atoms with Gasteiger partial charge in [-0.2, -0.15) is 0 Å². The van der Waals surface area contributed by atoms with Crippen LogP contribution in [0.25, 0.3) is 11.1 Å². The molecule has 2 heteroatoms. The van der Waals surface area contributed by atoms with Gasteiger partial charge in [-0.25, -0.2) is 0 Å². The lowest BCUT2D eigenvalue weighted by atomic mass is 10.1. The van der Waals surface area contributed by atoms with Gasteiger partial charge in [0.25, 0.3) is 0 Å². The van der Waals surface area contributed by atoms with Crippen LogP contribution in [0, 0.1) is 0 Å². The Morgan fingerprint density at radius 3 is 2.31 bits per heavy atom. The lowest BCUT2D eigenvalue weighted by Crippen LogP contribution is -1.90. The molecule has 0 unspecified atom stereocenters. The third-order valence-electron chi connectivity index (χ3n) is 2.67. The molecule has 0 aromatic carbocycles. The van der Waals surface area contributed by atoms with Gasteiger partial charge in [0.15, 0.2) is 11.6 Å². The van der Waals surface area contributed by atoms with Crippen LogP contribution >= 0.6 is 0 Å². The molecule has 0 heterocycles. The molecule has 0 radical (unpaired) electrons. The first-order valence-electron chi connectivity index (χ1n) is 5.14. The highest BCUT2D eigenvalue weighted by Gasteiger charge is 2.12. The molecular formula is C14H12O2. The standard InChI is InChI=1S/C14H12O2/c1-9(15)11-4-3-5-14-12(8-11)6-7-13(14)10(2)16/h3-8H,1-2H3. The van der Waals surface area contributed by atoms with Crippen molar-refractivity contribution < 1.29 is 9.59 Å². The van der Waals surface area contributed by atoms with E-state index in [9.17, 15) is 9.59 Å². The molecule has 2 nitrogen and oxygen atoms in total. The maximum Gasteiger partial charge on any atom is 0.160 e. The summed E-state index contributed by atoms with van der Waals surface area (Å²) >= 11 is 0. The van der Waals surface area contributed by atoms with Gasteiger partial charge in [0.2, 0.25) is 0 Å². The van der Waals surface area contributed by atoms with Gasteiger partial charge >= 0.3 is 0 Å². The highest BCUT2D eigenvalue weighted by Crippen LogP contribution is 2.28. The molecule has 0 aromatic rings. The number of rotatable bonds is 2. The monoisotopic (exact) mass is 212 g/mol. The fourth-order valence-corrected chi connectivity index (χ4v) is 1.81. The lowest BCUT2D eigenvalue weighted by Gasteiger charge is -1.96. The number of hydrogen-bond donors (Lipinski definition) is 0. The van der Waals surface area contributed by atoms with Crippen LogP contribution in [0.1, 0.15) is 34.6 Å². The van der Waals surface area contributed by atoms with E-state index in [1.165, 1.54) is 6.92 Å². The van der Waals surface area contributed by atoms with Crippen LogP contribution < -0.4 is 0 Å². The van der Waals surface area contributed by atoms with Gasteiger partial charge in [0.1, 0.15) is 0 Å². The SMILES string of the molecule is CC(=O)c1cccc2c(C(C)=O)ccc-2c1. The first kappa shape index (κ1) is 10.6. The molecule has 0 aliphatic heterocycles. The predicted molar refractivity (Wildman–Crippen MR) is 63.1 cm³/mol. The van der Waals surface area contributed by atoms with Gasteiger partial charge in [-0.3, -0.25) is 9.59 Å². The fraction of sp³-hybridized carbons (Fsp3) is 0.143. The van der Waals surface area contributed by atoms with Gasteiger partial charge in [0, 0.05) is 11.1 Å². The van der Waals surface area contributed by atoms with Crippen LogP contribution in [0.15, 0.2) is 36.4 Å². The molecule has 0 bridgehead atoms. The Hall–Kier alpha value is -1.96. The zero-order valence-electron chi connectivity index (χ0n) is 9.28. The van der Waals surface area contributed by atoms with E-state index < -0.39 is 0 Å². The quantitative estimate of drug-likeness (QED) is 0.716. The molecule has 2 aliphatic rings. The van der Waals surface area contributed by atoms with Crippen LogP contribution in [-0.4, -0.2) is 11.6 Å². The molecule has 0 N–H and O–H groups in total. The molecule has 0 aromatic heterocycles. The van der Waals surface area contributed by atoms with E-state index in [-0.39, 0.29) is 11.6 Å². The second kappa shape index (κ2) is 3.89. The topological polar surface area (TPSA) is 34.1 Å². The molecule has 16 heavy (non-hydrogen) atoms. The summed E-state index contributed by atoms with van der Waals surface area (Å²) in [6.07, 6.45) is 0. The van der Waals surface area contributed by atoms with Gasteiger partial charge in [-0.1, -0.05) is 30.3 Å². The number of Topliss-reactive ketones (excluding diaryl/α,β-unsaturated/α-hetero) is 2. The van der Waals surface area contributed by atoms with Crippen LogP contribution in [0.5, 0.6) is 0 Å². The van der Waals surface area contributed by atoms with Crippen LogP contribution in [0.2, 0.25) is 0 Å². The highest BCUT2D eigenvalue weighted by atomic mass is 16.1. The molecule has 0 saturated carbocycles. The Balaban J connectivity index is 2.64. The molecule has 0 fully saturated rings. The van der Waals surface area contributed by atoms with Crippen molar-refractivity contribution in [3.63, 3.8) is 0 Å². The molecule has 0 atom stereocenters. The maximum atomic E-state index is 11.4. The minimum absolute atomic E-state index is 0.0306. The van der Waals surface area contributed by atoms with E-state index in [0.29, 0.717) is 11.1 Å². The third kappa shape index (κ3) is 1.74. The Labute approximate surface area is 94.3 Å². The van der Waals surface area contributed by atoms with Crippen molar-refractivity contribution in [3.8, 4) is 11.1 Å². The van der Waals surface area contributed by atoms with E-state index in [1.54, 1.807) is 19.1 Å². The molecule has 0 amide bonds. The number of carbonyl (C=O) groups excluding carboxylic acids is 2. The fourth-order valence-electron chi connectivity index (χ4n) is 1.81. The average Bonchev–Trinajstić information content (AvgIpc) is 2.48.